The summed E-state index contributed by atoms with van der Waals surface area (Å²) in [5.41, 5.74) is 7.14. The van der Waals surface area contributed by atoms with Crippen molar-refractivity contribution in [3.05, 3.63) is 48.0 Å². The third kappa shape index (κ3) is 3.61. The number of nitrogens with two attached hydrogens (primary N) is 1. The standard InChI is InChI=1S/C20H28N2O3/c1-5-11-20(19(24)25-6-2)12-15-9-7-8-10-16(15)13-22(20)18(23)17(21)14(3)4/h5,7-10,14,17H,1,6,11-13,21H2,2-4H3/t17-,20+/m0/s1. The van der Waals surface area contributed by atoms with E-state index >= 15 is 0 Å². The maximum Gasteiger partial charge on any atom is 0.332 e. The number of carbonyl (C=O) groups is 2. The third-order valence-corrected chi connectivity index (χ3v) is 4.85. The van der Waals surface area contributed by atoms with Crippen LogP contribution in [-0.2, 0) is 27.3 Å². The summed E-state index contributed by atoms with van der Waals surface area (Å²) in [4.78, 5) is 27.6. The number of esters is 1. The topological polar surface area (TPSA) is 72.6 Å². The van der Waals surface area contributed by atoms with E-state index in [2.05, 4.69) is 6.58 Å². The molecule has 0 saturated carbocycles. The van der Waals surface area contributed by atoms with Gasteiger partial charge >= 0.3 is 5.97 Å². The molecule has 0 radical (unpaired) electrons. The molecule has 2 N–H and O–H groups in total. The lowest BCUT2D eigenvalue weighted by Crippen LogP contribution is -2.63. The van der Waals surface area contributed by atoms with Gasteiger partial charge in [0.25, 0.3) is 0 Å². The van der Waals surface area contributed by atoms with Crippen molar-refractivity contribution in [2.75, 3.05) is 6.61 Å². The molecular weight excluding hydrogens is 316 g/mol. The number of amides is 1. The number of ether oxygens (including phenoxy) is 1. The highest BCUT2D eigenvalue weighted by molar-refractivity contribution is 5.91. The van der Waals surface area contributed by atoms with Crippen molar-refractivity contribution in [2.24, 2.45) is 11.7 Å². The fraction of sp³-hybridized carbons (Fsp3) is 0.500. The Morgan fingerprint density at radius 2 is 2.00 bits per heavy atom. The van der Waals surface area contributed by atoms with Gasteiger partial charge in [0.2, 0.25) is 5.91 Å². The van der Waals surface area contributed by atoms with Crippen LogP contribution in [0.1, 0.15) is 38.3 Å². The van der Waals surface area contributed by atoms with E-state index in [1.54, 1.807) is 17.9 Å². The number of hydrogen-bond donors (Lipinski definition) is 1. The number of carbonyl (C=O) groups excluding carboxylic acids is 2. The Labute approximate surface area is 149 Å². The molecule has 136 valence electrons. The highest BCUT2D eigenvalue weighted by Gasteiger charge is 2.50. The average Bonchev–Trinajstić information content (AvgIpc) is 2.60. The molecule has 1 amide bonds. The first-order valence-electron chi connectivity index (χ1n) is 8.79. The van der Waals surface area contributed by atoms with Crippen molar-refractivity contribution in [3.63, 3.8) is 0 Å². The van der Waals surface area contributed by atoms with E-state index in [9.17, 15) is 9.59 Å². The summed E-state index contributed by atoms with van der Waals surface area (Å²) in [5.74, 6) is -0.638. The van der Waals surface area contributed by atoms with Gasteiger partial charge in [-0.1, -0.05) is 44.2 Å². The molecule has 5 nitrogen and oxygen atoms in total. The van der Waals surface area contributed by atoms with Crippen LogP contribution >= 0.6 is 0 Å². The first-order chi connectivity index (χ1) is 11.9. The maximum atomic E-state index is 13.1. The molecule has 0 aliphatic carbocycles. The molecule has 1 heterocycles. The van der Waals surface area contributed by atoms with Gasteiger partial charge in [0, 0.05) is 13.0 Å². The first kappa shape index (κ1) is 19.2. The zero-order chi connectivity index (χ0) is 18.6. The van der Waals surface area contributed by atoms with Crippen LogP contribution in [-0.4, -0.2) is 35.0 Å². The Kier molecular flexibility index (Phi) is 6.01. The van der Waals surface area contributed by atoms with E-state index in [1.807, 2.05) is 38.1 Å². The zero-order valence-corrected chi connectivity index (χ0v) is 15.3. The van der Waals surface area contributed by atoms with E-state index in [0.29, 0.717) is 19.4 Å². The molecule has 2 rings (SSSR count). The molecule has 1 aromatic carbocycles. The largest absolute Gasteiger partial charge is 0.464 e. The van der Waals surface area contributed by atoms with Crippen molar-refractivity contribution >= 4 is 11.9 Å². The fourth-order valence-electron chi connectivity index (χ4n) is 3.32. The number of rotatable bonds is 6. The zero-order valence-electron chi connectivity index (χ0n) is 15.3. The van der Waals surface area contributed by atoms with E-state index in [4.69, 9.17) is 10.5 Å². The van der Waals surface area contributed by atoms with Crippen molar-refractivity contribution in [1.82, 2.24) is 4.90 Å². The summed E-state index contributed by atoms with van der Waals surface area (Å²) < 4.78 is 5.35. The second-order valence-electron chi connectivity index (χ2n) is 6.88. The van der Waals surface area contributed by atoms with Crippen LogP contribution in [0.15, 0.2) is 36.9 Å². The monoisotopic (exact) mass is 344 g/mol. The van der Waals surface area contributed by atoms with Crippen molar-refractivity contribution < 1.29 is 14.3 Å². The Balaban J connectivity index is 2.54. The van der Waals surface area contributed by atoms with E-state index in [1.165, 1.54) is 0 Å². The summed E-state index contributed by atoms with van der Waals surface area (Å²) in [5, 5.41) is 0. The van der Waals surface area contributed by atoms with Gasteiger partial charge in [-0.2, -0.15) is 0 Å². The molecule has 0 bridgehead atoms. The van der Waals surface area contributed by atoms with Crippen LogP contribution in [0.2, 0.25) is 0 Å². The minimum absolute atomic E-state index is 0.0201. The van der Waals surface area contributed by atoms with Gasteiger partial charge in [0.05, 0.1) is 12.6 Å². The molecule has 0 aromatic heterocycles. The average molecular weight is 344 g/mol. The van der Waals surface area contributed by atoms with Gasteiger partial charge in [-0.25, -0.2) is 4.79 Å². The lowest BCUT2D eigenvalue weighted by molar-refractivity contribution is -0.166. The Morgan fingerprint density at radius 3 is 2.56 bits per heavy atom. The van der Waals surface area contributed by atoms with Crippen molar-refractivity contribution in [1.29, 1.82) is 0 Å². The summed E-state index contributed by atoms with van der Waals surface area (Å²) in [7, 11) is 0. The van der Waals surface area contributed by atoms with E-state index < -0.39 is 17.6 Å². The SMILES string of the molecule is C=CC[C@]1(C(=O)OCC)Cc2ccccc2CN1C(=O)[C@@H](N)C(C)C. The number of nitrogens with zero attached hydrogens (tertiary/aromatic N) is 1. The summed E-state index contributed by atoms with van der Waals surface area (Å²) in [6, 6.07) is 7.20. The lowest BCUT2D eigenvalue weighted by atomic mass is 9.79. The molecule has 5 heteroatoms. The molecule has 1 aliphatic rings. The van der Waals surface area contributed by atoms with Crippen molar-refractivity contribution in [2.45, 2.75) is 51.7 Å². The van der Waals surface area contributed by atoms with Crippen LogP contribution in [0.3, 0.4) is 0 Å². The Bertz CT molecular complexity index is 656. The molecular formula is C20H28N2O3. The molecule has 25 heavy (non-hydrogen) atoms. The molecule has 0 fully saturated rings. The smallest absolute Gasteiger partial charge is 0.332 e. The molecule has 1 aromatic rings. The quantitative estimate of drug-likeness (QED) is 0.635. The van der Waals surface area contributed by atoms with E-state index in [-0.39, 0.29) is 18.4 Å². The van der Waals surface area contributed by atoms with Gasteiger partial charge in [0.15, 0.2) is 0 Å². The number of benzene rings is 1. The minimum Gasteiger partial charge on any atom is -0.464 e. The second-order valence-corrected chi connectivity index (χ2v) is 6.88. The number of hydrogen-bond acceptors (Lipinski definition) is 4. The molecule has 0 saturated heterocycles. The third-order valence-electron chi connectivity index (χ3n) is 4.85. The maximum absolute atomic E-state index is 13.1. The van der Waals surface area contributed by atoms with Gasteiger partial charge in [-0.05, 0) is 30.4 Å². The highest BCUT2D eigenvalue weighted by atomic mass is 16.5. The fourth-order valence-corrected chi connectivity index (χ4v) is 3.32. The summed E-state index contributed by atoms with van der Waals surface area (Å²) in [6.45, 7) is 9.98. The van der Waals surface area contributed by atoms with Gasteiger partial charge in [-0.3, -0.25) is 4.79 Å². The Hall–Kier alpha value is -2.14. The highest BCUT2D eigenvalue weighted by Crippen LogP contribution is 2.36. The minimum atomic E-state index is -1.09. The normalized spacial score (nSPS) is 20.8. The summed E-state index contributed by atoms with van der Waals surface area (Å²) in [6.07, 6.45) is 2.41. The van der Waals surface area contributed by atoms with Crippen LogP contribution in [0.4, 0.5) is 0 Å². The summed E-state index contributed by atoms with van der Waals surface area (Å²) >= 11 is 0. The molecule has 2 atom stereocenters. The van der Waals surface area contributed by atoms with Gasteiger partial charge in [0.1, 0.15) is 5.54 Å². The predicted molar refractivity (Wildman–Crippen MR) is 97.7 cm³/mol. The lowest BCUT2D eigenvalue weighted by Gasteiger charge is -2.46. The van der Waals surface area contributed by atoms with Crippen LogP contribution in [0.25, 0.3) is 0 Å². The van der Waals surface area contributed by atoms with Gasteiger partial charge < -0.3 is 15.4 Å². The predicted octanol–water partition coefficient (Wildman–Crippen LogP) is 2.43. The molecule has 0 unspecified atom stereocenters. The van der Waals surface area contributed by atoms with Crippen LogP contribution < -0.4 is 5.73 Å². The van der Waals surface area contributed by atoms with E-state index in [0.717, 1.165) is 11.1 Å². The second kappa shape index (κ2) is 7.83. The Morgan fingerprint density at radius 1 is 1.36 bits per heavy atom. The van der Waals surface area contributed by atoms with Gasteiger partial charge in [-0.15, -0.1) is 6.58 Å². The van der Waals surface area contributed by atoms with Crippen LogP contribution in [0, 0.1) is 5.92 Å². The van der Waals surface area contributed by atoms with Crippen molar-refractivity contribution in [3.8, 4) is 0 Å². The molecule has 1 aliphatic heterocycles. The molecule has 0 spiro atoms. The van der Waals surface area contributed by atoms with Crippen LogP contribution in [0.5, 0.6) is 0 Å². The number of fused-ring (bicyclic) bond motifs is 1. The first-order valence-corrected chi connectivity index (χ1v) is 8.79.